The van der Waals surface area contributed by atoms with Gasteiger partial charge < -0.3 is 4.57 Å². The molecule has 4 aromatic rings. The first-order chi connectivity index (χ1) is 18.9. The Morgan fingerprint density at radius 1 is 0.950 bits per heavy atom. The molecular formula is C30H30Cl2N4O3S. The molecule has 0 bridgehead atoms. The molecule has 4 rings (SSSR count). The highest BCUT2D eigenvalue weighted by Gasteiger charge is 2.28. The lowest BCUT2D eigenvalue weighted by atomic mass is 10.1. The van der Waals surface area contributed by atoms with Crippen molar-refractivity contribution >= 4 is 51.0 Å². The maximum Gasteiger partial charge on any atom is 0.264 e. The Morgan fingerprint density at radius 3 is 2.30 bits per heavy atom. The van der Waals surface area contributed by atoms with E-state index in [2.05, 4.69) is 10.5 Å². The summed E-state index contributed by atoms with van der Waals surface area (Å²) < 4.78 is 30.4. The van der Waals surface area contributed by atoms with Crippen molar-refractivity contribution in [1.82, 2.24) is 9.99 Å². The summed E-state index contributed by atoms with van der Waals surface area (Å²) in [6.45, 7) is 9.01. The van der Waals surface area contributed by atoms with E-state index in [1.807, 2.05) is 69.5 Å². The molecule has 0 radical (unpaired) electrons. The number of hydrogen-bond acceptors (Lipinski definition) is 4. The van der Waals surface area contributed by atoms with Gasteiger partial charge in [0.25, 0.3) is 15.9 Å². The number of aromatic nitrogens is 1. The van der Waals surface area contributed by atoms with Crippen molar-refractivity contribution in [2.24, 2.45) is 5.10 Å². The van der Waals surface area contributed by atoms with Gasteiger partial charge in [0, 0.05) is 17.0 Å². The molecule has 0 aliphatic heterocycles. The molecule has 0 atom stereocenters. The zero-order chi connectivity index (χ0) is 29.2. The summed E-state index contributed by atoms with van der Waals surface area (Å²) in [5.41, 5.74) is 8.79. The average molecular weight is 598 g/mol. The lowest BCUT2D eigenvalue weighted by molar-refractivity contribution is -0.119. The molecule has 3 aromatic carbocycles. The zero-order valence-electron chi connectivity index (χ0n) is 22.9. The number of carbonyl (C=O) groups is 1. The van der Waals surface area contributed by atoms with Gasteiger partial charge in [-0.05, 0) is 76.6 Å². The van der Waals surface area contributed by atoms with Gasteiger partial charge in [0.1, 0.15) is 6.54 Å². The van der Waals surface area contributed by atoms with Crippen LogP contribution in [0.3, 0.4) is 0 Å². The van der Waals surface area contributed by atoms with E-state index in [-0.39, 0.29) is 4.90 Å². The summed E-state index contributed by atoms with van der Waals surface area (Å²) in [7, 11) is -4.03. The van der Waals surface area contributed by atoms with Crippen LogP contribution < -0.4 is 9.73 Å². The first-order valence-electron chi connectivity index (χ1n) is 12.5. The topological polar surface area (TPSA) is 83.8 Å². The van der Waals surface area contributed by atoms with Crippen molar-refractivity contribution < 1.29 is 13.2 Å². The Morgan fingerprint density at radius 2 is 1.62 bits per heavy atom. The molecule has 0 saturated heterocycles. The van der Waals surface area contributed by atoms with Crippen LogP contribution in [0.4, 0.5) is 5.69 Å². The van der Waals surface area contributed by atoms with Gasteiger partial charge in [0.2, 0.25) is 0 Å². The predicted molar refractivity (Wildman–Crippen MR) is 163 cm³/mol. The van der Waals surface area contributed by atoms with E-state index in [9.17, 15) is 13.2 Å². The highest BCUT2D eigenvalue weighted by Crippen LogP contribution is 2.31. The van der Waals surface area contributed by atoms with Crippen LogP contribution in [0.1, 0.15) is 33.6 Å². The molecule has 10 heteroatoms. The van der Waals surface area contributed by atoms with E-state index in [4.69, 9.17) is 23.2 Å². The van der Waals surface area contributed by atoms with Crippen molar-refractivity contribution in [3.05, 3.63) is 110 Å². The minimum absolute atomic E-state index is 0.0986. The third kappa shape index (κ3) is 6.09. The third-order valence-corrected chi connectivity index (χ3v) is 9.14. The molecule has 1 aromatic heterocycles. The van der Waals surface area contributed by atoms with Gasteiger partial charge in [-0.15, -0.1) is 0 Å². The van der Waals surface area contributed by atoms with E-state index in [0.29, 0.717) is 15.7 Å². The van der Waals surface area contributed by atoms with Gasteiger partial charge in [-0.2, -0.15) is 5.10 Å². The van der Waals surface area contributed by atoms with Crippen molar-refractivity contribution in [3.63, 3.8) is 0 Å². The van der Waals surface area contributed by atoms with Crippen LogP contribution >= 0.6 is 23.2 Å². The predicted octanol–water partition coefficient (Wildman–Crippen LogP) is 6.67. The van der Waals surface area contributed by atoms with E-state index in [0.717, 1.165) is 43.6 Å². The van der Waals surface area contributed by atoms with Crippen molar-refractivity contribution in [1.29, 1.82) is 0 Å². The number of sulfonamides is 1. The number of hydrogen-bond donors (Lipinski definition) is 1. The van der Waals surface area contributed by atoms with Gasteiger partial charge in [0.15, 0.2) is 0 Å². The molecule has 1 heterocycles. The Bertz CT molecular complexity index is 1710. The second kappa shape index (κ2) is 11.9. The maximum absolute atomic E-state index is 13.7. The van der Waals surface area contributed by atoms with Gasteiger partial charge in [0.05, 0.1) is 32.5 Å². The number of hydrazone groups is 1. The van der Waals surface area contributed by atoms with Gasteiger partial charge in [-0.3, -0.25) is 9.10 Å². The van der Waals surface area contributed by atoms with Crippen molar-refractivity contribution in [2.75, 3.05) is 10.8 Å². The number of rotatable bonds is 8. The molecule has 40 heavy (non-hydrogen) atoms. The minimum atomic E-state index is -4.03. The molecule has 0 saturated carbocycles. The maximum atomic E-state index is 13.7. The fourth-order valence-electron chi connectivity index (χ4n) is 4.52. The Balaban J connectivity index is 1.59. The normalized spacial score (nSPS) is 11.7. The molecule has 0 fully saturated rings. The van der Waals surface area contributed by atoms with Crippen molar-refractivity contribution in [2.45, 2.75) is 39.5 Å². The molecule has 1 amide bonds. The van der Waals surface area contributed by atoms with E-state index in [1.54, 1.807) is 36.4 Å². The Hall–Kier alpha value is -3.59. The lowest BCUT2D eigenvalue weighted by Crippen LogP contribution is -2.40. The lowest BCUT2D eigenvalue weighted by Gasteiger charge is -2.25. The van der Waals surface area contributed by atoms with Crippen LogP contribution in [0.15, 0.2) is 76.7 Å². The molecule has 208 valence electrons. The van der Waals surface area contributed by atoms with Gasteiger partial charge in [-0.25, -0.2) is 13.8 Å². The number of nitrogens with one attached hydrogen (secondary N) is 1. The minimum Gasteiger partial charge on any atom is -0.316 e. The average Bonchev–Trinajstić information content (AvgIpc) is 3.17. The number of benzene rings is 3. The monoisotopic (exact) mass is 596 g/mol. The highest BCUT2D eigenvalue weighted by molar-refractivity contribution is 7.92. The second-order valence-electron chi connectivity index (χ2n) is 9.64. The van der Waals surface area contributed by atoms with Crippen LogP contribution in [0.5, 0.6) is 0 Å². The van der Waals surface area contributed by atoms with E-state index >= 15 is 0 Å². The summed E-state index contributed by atoms with van der Waals surface area (Å²) in [5, 5.41) is 5.00. The molecule has 0 unspecified atom stereocenters. The molecule has 0 aliphatic carbocycles. The number of halogens is 2. The van der Waals surface area contributed by atoms with Crippen LogP contribution in [0, 0.1) is 34.6 Å². The van der Waals surface area contributed by atoms with Gasteiger partial charge in [-0.1, -0.05) is 64.7 Å². The zero-order valence-corrected chi connectivity index (χ0v) is 25.2. The number of amides is 1. The summed E-state index contributed by atoms with van der Waals surface area (Å²) in [5.74, 6) is -0.585. The first kappa shape index (κ1) is 29.4. The number of anilines is 1. The van der Waals surface area contributed by atoms with Crippen LogP contribution in [0.25, 0.3) is 5.69 Å². The highest BCUT2D eigenvalue weighted by atomic mass is 35.5. The third-order valence-electron chi connectivity index (χ3n) is 6.55. The first-order valence-corrected chi connectivity index (χ1v) is 14.7. The number of nitrogens with zero attached hydrogens (tertiary/aromatic N) is 3. The fourth-order valence-corrected chi connectivity index (χ4v) is 6.38. The summed E-state index contributed by atoms with van der Waals surface area (Å²) in [6.07, 6.45) is 1.52. The van der Waals surface area contributed by atoms with E-state index in [1.165, 1.54) is 6.21 Å². The smallest absolute Gasteiger partial charge is 0.264 e. The molecule has 1 N–H and O–H groups in total. The second-order valence-corrected chi connectivity index (χ2v) is 12.3. The summed E-state index contributed by atoms with van der Waals surface area (Å²) in [6, 6.07) is 19.3. The van der Waals surface area contributed by atoms with E-state index < -0.39 is 22.5 Å². The molecular weight excluding hydrogens is 567 g/mol. The quantitative estimate of drug-likeness (QED) is 0.182. The summed E-state index contributed by atoms with van der Waals surface area (Å²) in [4.78, 5) is 13.1. The van der Waals surface area contributed by atoms with Crippen LogP contribution in [-0.4, -0.2) is 31.7 Å². The standard InChI is InChI=1S/C30H30Cl2N4O3S/c1-19-9-12-25(13-10-19)40(38,39)35(27-14-11-20(2)15-21(27)3)18-29(37)34-33-17-24-16-22(4)36(23(24)5)28-8-6-7-26(31)30(28)32/h6-17H,18H2,1-5H3,(H,34,37)/b33-17-. The van der Waals surface area contributed by atoms with Gasteiger partial charge >= 0.3 is 0 Å². The number of aryl methyl sites for hydroxylation is 4. The molecule has 7 nitrogen and oxygen atoms in total. The largest absolute Gasteiger partial charge is 0.316 e. The Kier molecular flexibility index (Phi) is 8.73. The van der Waals surface area contributed by atoms with Crippen LogP contribution in [-0.2, 0) is 14.8 Å². The fraction of sp³-hybridized carbons (Fsp3) is 0.200. The molecule has 0 spiro atoms. The summed E-state index contributed by atoms with van der Waals surface area (Å²) >= 11 is 12.6. The van der Waals surface area contributed by atoms with Crippen LogP contribution in [0.2, 0.25) is 10.0 Å². The molecule has 0 aliphatic rings. The number of carbonyl (C=O) groups excluding carboxylic acids is 1. The SMILES string of the molecule is Cc1ccc(S(=O)(=O)N(CC(=O)N/N=C\c2cc(C)n(-c3cccc(Cl)c3Cl)c2C)c2ccc(C)cc2C)cc1. The van der Waals surface area contributed by atoms with Crippen molar-refractivity contribution in [3.8, 4) is 5.69 Å². The Labute approximate surface area is 245 Å².